The minimum Gasteiger partial charge on any atom is -0.388 e. The molecule has 0 aliphatic carbocycles. The van der Waals surface area contributed by atoms with Gasteiger partial charge in [-0.2, -0.15) is 0 Å². The zero-order chi connectivity index (χ0) is 7.49. The van der Waals surface area contributed by atoms with Crippen LogP contribution in [-0.4, -0.2) is 16.7 Å². The normalized spacial score (nSPS) is 20.4. The summed E-state index contributed by atoms with van der Waals surface area (Å²) in [5.41, 5.74) is 4.67. The molecule has 0 aromatic heterocycles. The molecule has 0 radical (unpaired) electrons. The van der Waals surface area contributed by atoms with E-state index in [1.54, 1.807) is 19.9 Å². The summed E-state index contributed by atoms with van der Waals surface area (Å²) in [6, 6.07) is -0.199. The minimum atomic E-state index is -0.790. The maximum Gasteiger partial charge on any atom is 0.0801 e. The maximum absolute atomic E-state index is 9.40. The molecule has 2 heteroatoms. The van der Waals surface area contributed by atoms with Crippen LogP contribution in [0.4, 0.5) is 0 Å². The number of rotatable bonds is 3. The van der Waals surface area contributed by atoms with E-state index in [0.29, 0.717) is 6.42 Å². The molecule has 0 fully saturated rings. The number of hydrogen-bond acceptors (Lipinski definition) is 2. The van der Waals surface area contributed by atoms with Gasteiger partial charge in [0.25, 0.3) is 0 Å². The predicted molar refractivity (Wildman–Crippen MR) is 39.1 cm³/mol. The van der Waals surface area contributed by atoms with Crippen LogP contribution in [0.25, 0.3) is 0 Å². The van der Waals surface area contributed by atoms with Crippen LogP contribution in [0.2, 0.25) is 0 Å². The van der Waals surface area contributed by atoms with Gasteiger partial charge < -0.3 is 10.8 Å². The summed E-state index contributed by atoms with van der Waals surface area (Å²) in [4.78, 5) is 0. The van der Waals surface area contributed by atoms with Crippen LogP contribution in [0.3, 0.4) is 0 Å². The molecule has 0 saturated heterocycles. The van der Waals surface area contributed by atoms with Crippen LogP contribution in [-0.2, 0) is 0 Å². The third kappa shape index (κ3) is 2.63. The Hall–Kier alpha value is -0.340. The first-order valence-corrected chi connectivity index (χ1v) is 3.09. The molecule has 0 aliphatic rings. The van der Waals surface area contributed by atoms with E-state index in [4.69, 9.17) is 5.73 Å². The van der Waals surface area contributed by atoms with Crippen molar-refractivity contribution in [1.29, 1.82) is 0 Å². The zero-order valence-corrected chi connectivity index (χ0v) is 6.09. The molecule has 0 aromatic rings. The smallest absolute Gasteiger partial charge is 0.0801 e. The summed E-state index contributed by atoms with van der Waals surface area (Å²) in [7, 11) is 0. The molecule has 0 spiro atoms. The fourth-order valence-corrected chi connectivity index (χ4v) is 0.478. The Balaban J connectivity index is 3.84. The highest BCUT2D eigenvalue weighted by Crippen LogP contribution is 2.12. The summed E-state index contributed by atoms with van der Waals surface area (Å²) in [6.45, 7) is 7.00. The van der Waals surface area contributed by atoms with Crippen molar-refractivity contribution in [2.75, 3.05) is 0 Å². The second kappa shape index (κ2) is 2.99. The first-order chi connectivity index (χ1) is 4.00. The van der Waals surface area contributed by atoms with E-state index in [1.165, 1.54) is 0 Å². The largest absolute Gasteiger partial charge is 0.388 e. The van der Waals surface area contributed by atoms with Crippen LogP contribution in [0.1, 0.15) is 20.3 Å². The van der Waals surface area contributed by atoms with Gasteiger partial charge >= 0.3 is 0 Å². The van der Waals surface area contributed by atoms with E-state index in [-0.39, 0.29) is 6.04 Å². The van der Waals surface area contributed by atoms with Crippen molar-refractivity contribution < 1.29 is 5.11 Å². The van der Waals surface area contributed by atoms with Crippen LogP contribution < -0.4 is 5.73 Å². The summed E-state index contributed by atoms with van der Waals surface area (Å²) in [6.07, 6.45) is 2.22. The van der Waals surface area contributed by atoms with Gasteiger partial charge in [0, 0.05) is 6.04 Å². The van der Waals surface area contributed by atoms with E-state index in [0.717, 1.165) is 0 Å². The Morgan fingerprint density at radius 3 is 2.44 bits per heavy atom. The van der Waals surface area contributed by atoms with Gasteiger partial charge in [-0.1, -0.05) is 6.08 Å². The third-order valence-corrected chi connectivity index (χ3v) is 1.54. The molecule has 0 unspecified atom stereocenters. The molecule has 2 nitrogen and oxygen atoms in total. The average molecular weight is 129 g/mol. The van der Waals surface area contributed by atoms with E-state index in [2.05, 4.69) is 6.58 Å². The van der Waals surface area contributed by atoms with Crippen molar-refractivity contribution in [2.45, 2.75) is 31.9 Å². The number of aliphatic hydroxyl groups is 1. The maximum atomic E-state index is 9.40. The van der Waals surface area contributed by atoms with Crippen molar-refractivity contribution in [1.82, 2.24) is 0 Å². The van der Waals surface area contributed by atoms with Crippen molar-refractivity contribution in [3.8, 4) is 0 Å². The predicted octanol–water partition coefficient (Wildman–Crippen LogP) is 0.661. The first-order valence-electron chi connectivity index (χ1n) is 3.09. The van der Waals surface area contributed by atoms with Gasteiger partial charge in [0.2, 0.25) is 0 Å². The molecule has 0 bridgehead atoms. The molecule has 9 heavy (non-hydrogen) atoms. The van der Waals surface area contributed by atoms with Crippen LogP contribution in [0, 0.1) is 0 Å². The molecule has 0 rings (SSSR count). The average Bonchev–Trinajstić information content (AvgIpc) is 1.65. The molecule has 0 amide bonds. The second-order valence-electron chi connectivity index (χ2n) is 2.64. The summed E-state index contributed by atoms with van der Waals surface area (Å²) in [5, 5.41) is 9.40. The van der Waals surface area contributed by atoms with Crippen molar-refractivity contribution in [3.63, 3.8) is 0 Å². The lowest BCUT2D eigenvalue weighted by atomic mass is 9.95. The Morgan fingerprint density at radius 2 is 2.33 bits per heavy atom. The van der Waals surface area contributed by atoms with Crippen LogP contribution in [0.15, 0.2) is 12.7 Å². The lowest BCUT2D eigenvalue weighted by molar-refractivity contribution is 0.0416. The van der Waals surface area contributed by atoms with E-state index in [9.17, 15) is 5.11 Å². The first kappa shape index (κ1) is 8.66. The lowest BCUT2D eigenvalue weighted by Crippen LogP contribution is -2.42. The van der Waals surface area contributed by atoms with Crippen LogP contribution in [0.5, 0.6) is 0 Å². The fourth-order valence-electron chi connectivity index (χ4n) is 0.478. The van der Waals surface area contributed by atoms with Crippen LogP contribution >= 0.6 is 0 Å². The van der Waals surface area contributed by atoms with Gasteiger partial charge in [-0.25, -0.2) is 0 Å². The van der Waals surface area contributed by atoms with E-state index < -0.39 is 5.60 Å². The molecule has 0 heterocycles. The molecule has 0 aromatic carbocycles. The van der Waals surface area contributed by atoms with Crippen molar-refractivity contribution in [2.24, 2.45) is 5.73 Å². The summed E-state index contributed by atoms with van der Waals surface area (Å²) < 4.78 is 0. The topological polar surface area (TPSA) is 46.2 Å². The monoisotopic (exact) mass is 129 g/mol. The standard InChI is InChI=1S/C7H15NO/c1-4-5-7(3,9)6(2)8/h4,6,9H,1,5,8H2,2-3H3/t6-,7+/m0/s1. The Labute approximate surface area is 56.4 Å². The molecule has 0 saturated carbocycles. The number of nitrogens with two attached hydrogens (primary N) is 1. The van der Waals surface area contributed by atoms with E-state index >= 15 is 0 Å². The van der Waals surface area contributed by atoms with Gasteiger partial charge in [-0.3, -0.25) is 0 Å². The molecule has 2 atom stereocenters. The van der Waals surface area contributed by atoms with Crippen molar-refractivity contribution in [3.05, 3.63) is 12.7 Å². The van der Waals surface area contributed by atoms with Gasteiger partial charge in [0.1, 0.15) is 0 Å². The highest BCUT2D eigenvalue weighted by Gasteiger charge is 2.22. The minimum absolute atomic E-state index is 0.199. The fraction of sp³-hybridized carbons (Fsp3) is 0.714. The van der Waals surface area contributed by atoms with Gasteiger partial charge in [-0.15, -0.1) is 6.58 Å². The molecule has 3 N–H and O–H groups in total. The molecular weight excluding hydrogens is 114 g/mol. The Kier molecular flexibility index (Phi) is 2.88. The van der Waals surface area contributed by atoms with Gasteiger partial charge in [0.15, 0.2) is 0 Å². The van der Waals surface area contributed by atoms with Gasteiger partial charge in [-0.05, 0) is 20.3 Å². The van der Waals surface area contributed by atoms with Gasteiger partial charge in [0.05, 0.1) is 5.60 Å². The molecular formula is C7H15NO. The highest BCUT2D eigenvalue weighted by atomic mass is 16.3. The summed E-state index contributed by atoms with van der Waals surface area (Å²) in [5.74, 6) is 0. The second-order valence-corrected chi connectivity index (χ2v) is 2.64. The zero-order valence-electron chi connectivity index (χ0n) is 6.09. The SMILES string of the molecule is C=CC[C@@](C)(O)[C@H](C)N. The molecule has 54 valence electrons. The van der Waals surface area contributed by atoms with Crippen molar-refractivity contribution >= 4 is 0 Å². The molecule has 0 aliphatic heterocycles. The lowest BCUT2D eigenvalue weighted by Gasteiger charge is -2.25. The quantitative estimate of drug-likeness (QED) is 0.550. The summed E-state index contributed by atoms with van der Waals surface area (Å²) >= 11 is 0. The Morgan fingerprint density at radius 1 is 1.89 bits per heavy atom. The Bertz CT molecular complexity index is 97.1. The highest BCUT2D eigenvalue weighted by molar-refractivity contribution is 4.88. The third-order valence-electron chi connectivity index (χ3n) is 1.54. The van der Waals surface area contributed by atoms with E-state index in [1.807, 2.05) is 0 Å². The number of hydrogen-bond donors (Lipinski definition) is 2.